The van der Waals surface area contributed by atoms with Gasteiger partial charge in [-0.05, 0) is 42.4 Å². The summed E-state index contributed by atoms with van der Waals surface area (Å²) >= 11 is 0. The standard InChI is InChI=1S/C16H15NO/c1-17-12-2-3-13-4-6-14(7-5-13)15-8-10-16(18)11-9-15/h4-11,17-18H,12H2,1H3. The Hall–Kier alpha value is -2.24. The van der Waals surface area contributed by atoms with Crippen molar-refractivity contribution in [3.8, 4) is 28.7 Å². The summed E-state index contributed by atoms with van der Waals surface area (Å²) in [6.07, 6.45) is 0. The van der Waals surface area contributed by atoms with E-state index in [1.165, 1.54) is 0 Å². The summed E-state index contributed by atoms with van der Waals surface area (Å²) in [5, 5.41) is 12.2. The zero-order valence-corrected chi connectivity index (χ0v) is 10.3. The van der Waals surface area contributed by atoms with Crippen molar-refractivity contribution in [1.82, 2.24) is 5.32 Å². The predicted molar refractivity (Wildman–Crippen MR) is 74.3 cm³/mol. The monoisotopic (exact) mass is 237 g/mol. The Balaban J connectivity index is 2.18. The second-order valence-electron chi connectivity index (χ2n) is 3.96. The van der Waals surface area contributed by atoms with E-state index in [0.29, 0.717) is 6.54 Å². The molecule has 0 aliphatic rings. The van der Waals surface area contributed by atoms with Crippen LogP contribution in [-0.2, 0) is 0 Å². The van der Waals surface area contributed by atoms with Gasteiger partial charge in [0, 0.05) is 5.56 Å². The van der Waals surface area contributed by atoms with Crippen molar-refractivity contribution in [1.29, 1.82) is 0 Å². The van der Waals surface area contributed by atoms with E-state index < -0.39 is 0 Å². The van der Waals surface area contributed by atoms with E-state index >= 15 is 0 Å². The maximum Gasteiger partial charge on any atom is 0.115 e. The first-order valence-corrected chi connectivity index (χ1v) is 5.82. The SMILES string of the molecule is CNCC#Cc1ccc(-c2ccc(O)cc2)cc1. The van der Waals surface area contributed by atoms with Gasteiger partial charge in [0.1, 0.15) is 5.75 Å². The molecule has 18 heavy (non-hydrogen) atoms. The number of hydrogen-bond donors (Lipinski definition) is 2. The summed E-state index contributed by atoms with van der Waals surface area (Å²) in [5.41, 5.74) is 3.21. The molecule has 2 aromatic carbocycles. The summed E-state index contributed by atoms with van der Waals surface area (Å²) in [4.78, 5) is 0. The maximum absolute atomic E-state index is 9.24. The lowest BCUT2D eigenvalue weighted by Crippen LogP contribution is -2.04. The van der Waals surface area contributed by atoms with Crippen LogP contribution in [0.3, 0.4) is 0 Å². The number of phenols is 1. The predicted octanol–water partition coefficient (Wildman–Crippen LogP) is 2.63. The largest absolute Gasteiger partial charge is 0.508 e. The molecular formula is C16H15NO. The Morgan fingerprint density at radius 1 is 0.944 bits per heavy atom. The van der Waals surface area contributed by atoms with Gasteiger partial charge in [-0.2, -0.15) is 0 Å². The van der Waals surface area contributed by atoms with E-state index in [4.69, 9.17) is 0 Å². The van der Waals surface area contributed by atoms with Crippen LogP contribution >= 0.6 is 0 Å². The molecule has 0 bridgehead atoms. The highest BCUT2D eigenvalue weighted by molar-refractivity contribution is 5.65. The highest BCUT2D eigenvalue weighted by atomic mass is 16.3. The lowest BCUT2D eigenvalue weighted by Gasteiger charge is -2.01. The Kier molecular flexibility index (Phi) is 4.01. The lowest BCUT2D eigenvalue weighted by molar-refractivity contribution is 0.475. The van der Waals surface area contributed by atoms with Crippen molar-refractivity contribution in [2.24, 2.45) is 0 Å². The molecule has 2 nitrogen and oxygen atoms in total. The van der Waals surface area contributed by atoms with Crippen molar-refractivity contribution < 1.29 is 5.11 Å². The zero-order valence-electron chi connectivity index (χ0n) is 10.3. The van der Waals surface area contributed by atoms with E-state index in [1.54, 1.807) is 12.1 Å². The van der Waals surface area contributed by atoms with Crippen LogP contribution in [0.25, 0.3) is 11.1 Å². The Morgan fingerprint density at radius 2 is 1.50 bits per heavy atom. The smallest absolute Gasteiger partial charge is 0.115 e. The molecule has 2 N–H and O–H groups in total. The van der Waals surface area contributed by atoms with E-state index in [9.17, 15) is 5.11 Å². The van der Waals surface area contributed by atoms with Gasteiger partial charge in [0.15, 0.2) is 0 Å². The van der Waals surface area contributed by atoms with Crippen molar-refractivity contribution in [2.45, 2.75) is 0 Å². The van der Waals surface area contributed by atoms with Crippen LogP contribution in [0.1, 0.15) is 5.56 Å². The Labute approximate surface area is 107 Å². The van der Waals surface area contributed by atoms with Gasteiger partial charge < -0.3 is 10.4 Å². The minimum absolute atomic E-state index is 0.285. The van der Waals surface area contributed by atoms with Crippen molar-refractivity contribution in [3.63, 3.8) is 0 Å². The van der Waals surface area contributed by atoms with Crippen LogP contribution in [0.15, 0.2) is 48.5 Å². The fourth-order valence-corrected chi connectivity index (χ4v) is 1.63. The fourth-order valence-electron chi connectivity index (χ4n) is 1.63. The van der Waals surface area contributed by atoms with Gasteiger partial charge in [0.2, 0.25) is 0 Å². The summed E-state index contributed by atoms with van der Waals surface area (Å²) < 4.78 is 0. The van der Waals surface area contributed by atoms with Gasteiger partial charge >= 0.3 is 0 Å². The first-order valence-electron chi connectivity index (χ1n) is 5.82. The van der Waals surface area contributed by atoms with Gasteiger partial charge in [-0.15, -0.1) is 0 Å². The van der Waals surface area contributed by atoms with Crippen molar-refractivity contribution in [3.05, 3.63) is 54.1 Å². The fraction of sp³-hybridized carbons (Fsp3) is 0.125. The molecule has 0 fully saturated rings. The molecule has 2 heteroatoms. The molecule has 0 radical (unpaired) electrons. The van der Waals surface area contributed by atoms with Gasteiger partial charge in [0.05, 0.1) is 6.54 Å². The highest BCUT2D eigenvalue weighted by Crippen LogP contribution is 2.21. The Morgan fingerprint density at radius 3 is 2.06 bits per heavy atom. The molecule has 2 rings (SSSR count). The van der Waals surface area contributed by atoms with E-state index in [2.05, 4.69) is 17.2 Å². The molecule has 0 atom stereocenters. The lowest BCUT2D eigenvalue weighted by atomic mass is 10.0. The maximum atomic E-state index is 9.24. The summed E-state index contributed by atoms with van der Waals surface area (Å²) in [5.74, 6) is 6.39. The summed E-state index contributed by atoms with van der Waals surface area (Å²) in [7, 11) is 1.88. The topological polar surface area (TPSA) is 32.3 Å². The molecule has 0 aromatic heterocycles. The van der Waals surface area contributed by atoms with E-state index in [-0.39, 0.29) is 5.75 Å². The van der Waals surface area contributed by atoms with Crippen LogP contribution in [0.2, 0.25) is 0 Å². The molecule has 0 unspecified atom stereocenters. The quantitative estimate of drug-likeness (QED) is 0.787. The minimum atomic E-state index is 0.285. The number of aromatic hydroxyl groups is 1. The molecule has 2 aromatic rings. The number of nitrogens with one attached hydrogen (secondary N) is 1. The minimum Gasteiger partial charge on any atom is -0.508 e. The van der Waals surface area contributed by atoms with Crippen LogP contribution in [0.5, 0.6) is 5.75 Å². The Bertz CT molecular complexity index is 559. The average Bonchev–Trinajstić information content (AvgIpc) is 2.41. The molecular weight excluding hydrogens is 222 g/mol. The first kappa shape index (κ1) is 12.2. The third-order valence-electron chi connectivity index (χ3n) is 2.58. The second-order valence-corrected chi connectivity index (χ2v) is 3.96. The number of benzene rings is 2. The molecule has 0 aliphatic heterocycles. The van der Waals surface area contributed by atoms with Gasteiger partial charge in [0.25, 0.3) is 0 Å². The number of rotatable bonds is 2. The van der Waals surface area contributed by atoms with Crippen LogP contribution in [0.4, 0.5) is 0 Å². The average molecular weight is 237 g/mol. The van der Waals surface area contributed by atoms with E-state index in [1.807, 2.05) is 43.4 Å². The van der Waals surface area contributed by atoms with Crippen LogP contribution < -0.4 is 5.32 Å². The molecule has 0 aliphatic carbocycles. The third-order valence-corrected chi connectivity index (χ3v) is 2.58. The molecule has 0 saturated heterocycles. The second kappa shape index (κ2) is 5.90. The third kappa shape index (κ3) is 3.13. The van der Waals surface area contributed by atoms with Gasteiger partial charge in [-0.1, -0.05) is 36.1 Å². The van der Waals surface area contributed by atoms with E-state index in [0.717, 1.165) is 16.7 Å². The molecule has 0 saturated carbocycles. The van der Waals surface area contributed by atoms with Crippen LogP contribution in [0, 0.1) is 11.8 Å². The van der Waals surface area contributed by atoms with Crippen molar-refractivity contribution >= 4 is 0 Å². The molecule has 90 valence electrons. The highest BCUT2D eigenvalue weighted by Gasteiger charge is 1.97. The van der Waals surface area contributed by atoms with Crippen molar-refractivity contribution in [2.75, 3.05) is 13.6 Å². The zero-order chi connectivity index (χ0) is 12.8. The summed E-state index contributed by atoms with van der Waals surface area (Å²) in [6.45, 7) is 0.694. The van der Waals surface area contributed by atoms with Crippen LogP contribution in [-0.4, -0.2) is 18.7 Å². The van der Waals surface area contributed by atoms with Gasteiger partial charge in [-0.3, -0.25) is 0 Å². The first-order chi connectivity index (χ1) is 8.79. The molecule has 0 spiro atoms. The summed E-state index contributed by atoms with van der Waals surface area (Å²) in [6, 6.07) is 15.3. The normalized spacial score (nSPS) is 9.61. The van der Waals surface area contributed by atoms with Gasteiger partial charge in [-0.25, -0.2) is 0 Å². The molecule has 0 heterocycles. The number of phenolic OH excluding ortho intramolecular Hbond substituents is 1. The molecule has 0 amide bonds. The number of hydrogen-bond acceptors (Lipinski definition) is 2.